The highest BCUT2D eigenvalue weighted by Gasteiger charge is 2.16. The van der Waals surface area contributed by atoms with Crippen LogP contribution in [-0.2, 0) is 0 Å². The number of thiazole rings is 1. The molecule has 7 heteroatoms. The van der Waals surface area contributed by atoms with Crippen molar-refractivity contribution in [1.29, 1.82) is 0 Å². The Morgan fingerprint density at radius 3 is 2.44 bits per heavy atom. The SMILES string of the molecule is Cc1ccc(NC(=O)Nc2nc(C)c(C(=O)NCCC(C)C)s2)cc1. The Hall–Kier alpha value is -2.41. The molecule has 134 valence electrons. The molecule has 3 N–H and O–H groups in total. The van der Waals surface area contributed by atoms with Crippen molar-refractivity contribution in [2.45, 2.75) is 34.1 Å². The summed E-state index contributed by atoms with van der Waals surface area (Å²) in [6, 6.07) is 7.11. The van der Waals surface area contributed by atoms with E-state index in [9.17, 15) is 9.59 Å². The lowest BCUT2D eigenvalue weighted by Crippen LogP contribution is -2.25. The van der Waals surface area contributed by atoms with Gasteiger partial charge in [0.05, 0.1) is 5.69 Å². The topological polar surface area (TPSA) is 83.1 Å². The molecule has 0 unspecified atom stereocenters. The maximum Gasteiger partial charge on any atom is 0.325 e. The summed E-state index contributed by atoms with van der Waals surface area (Å²) in [6.07, 6.45) is 0.924. The lowest BCUT2D eigenvalue weighted by atomic mass is 10.1. The molecule has 0 aliphatic carbocycles. The molecule has 1 aromatic carbocycles. The third kappa shape index (κ3) is 5.86. The summed E-state index contributed by atoms with van der Waals surface area (Å²) >= 11 is 1.17. The highest BCUT2D eigenvalue weighted by Crippen LogP contribution is 2.22. The maximum absolute atomic E-state index is 12.2. The summed E-state index contributed by atoms with van der Waals surface area (Å²) in [5.41, 5.74) is 2.43. The zero-order valence-electron chi connectivity index (χ0n) is 15.0. The second-order valence-corrected chi connectivity index (χ2v) is 7.32. The van der Waals surface area contributed by atoms with Crippen molar-refractivity contribution >= 4 is 34.1 Å². The van der Waals surface area contributed by atoms with E-state index in [2.05, 4.69) is 34.8 Å². The lowest BCUT2D eigenvalue weighted by Gasteiger charge is -2.06. The first-order valence-electron chi connectivity index (χ1n) is 8.25. The second kappa shape index (κ2) is 8.62. The number of amides is 3. The number of urea groups is 1. The molecule has 0 bridgehead atoms. The van der Waals surface area contributed by atoms with Gasteiger partial charge in [-0.15, -0.1) is 0 Å². The normalized spacial score (nSPS) is 10.6. The van der Waals surface area contributed by atoms with Crippen molar-refractivity contribution in [2.24, 2.45) is 5.92 Å². The number of nitrogens with zero attached hydrogens (tertiary/aromatic N) is 1. The number of carbonyl (C=O) groups excluding carboxylic acids is 2. The van der Waals surface area contributed by atoms with Crippen LogP contribution in [-0.4, -0.2) is 23.5 Å². The molecule has 0 spiro atoms. The molecule has 25 heavy (non-hydrogen) atoms. The van der Waals surface area contributed by atoms with Gasteiger partial charge in [0.2, 0.25) is 0 Å². The van der Waals surface area contributed by atoms with Crippen molar-refractivity contribution < 1.29 is 9.59 Å². The summed E-state index contributed by atoms with van der Waals surface area (Å²) in [5, 5.41) is 8.70. The summed E-state index contributed by atoms with van der Waals surface area (Å²) in [4.78, 5) is 29.0. The Labute approximate surface area is 152 Å². The maximum atomic E-state index is 12.2. The van der Waals surface area contributed by atoms with Crippen LogP contribution in [0.1, 0.15) is 41.2 Å². The molecule has 6 nitrogen and oxygen atoms in total. The van der Waals surface area contributed by atoms with Crippen LogP contribution < -0.4 is 16.0 Å². The molecular formula is C18H24N4O2S. The Balaban J connectivity index is 1.93. The van der Waals surface area contributed by atoms with E-state index < -0.39 is 0 Å². The van der Waals surface area contributed by atoms with Crippen LogP contribution in [0.25, 0.3) is 0 Å². The van der Waals surface area contributed by atoms with Crippen molar-refractivity contribution in [3.05, 3.63) is 40.4 Å². The third-order valence-electron chi connectivity index (χ3n) is 3.54. The van der Waals surface area contributed by atoms with Gasteiger partial charge in [-0.3, -0.25) is 10.1 Å². The molecule has 0 aliphatic rings. The number of carbonyl (C=O) groups is 2. The standard InChI is InChI=1S/C18H24N4O2S/c1-11(2)9-10-19-16(23)15-13(4)20-18(25-15)22-17(24)21-14-7-5-12(3)6-8-14/h5-8,11H,9-10H2,1-4H3,(H,19,23)(H2,20,21,22,24). The van der Waals surface area contributed by atoms with Gasteiger partial charge in [-0.2, -0.15) is 0 Å². The quantitative estimate of drug-likeness (QED) is 0.722. The largest absolute Gasteiger partial charge is 0.351 e. The summed E-state index contributed by atoms with van der Waals surface area (Å²) in [5.74, 6) is 0.383. The van der Waals surface area contributed by atoms with Crippen LogP contribution in [0.2, 0.25) is 0 Å². The Kier molecular flexibility index (Phi) is 6.52. The fourth-order valence-electron chi connectivity index (χ4n) is 2.11. The first kappa shape index (κ1) is 18.9. The summed E-state index contributed by atoms with van der Waals surface area (Å²) in [7, 11) is 0. The van der Waals surface area contributed by atoms with Crippen LogP contribution in [0, 0.1) is 19.8 Å². The average molecular weight is 360 g/mol. The van der Waals surface area contributed by atoms with Gasteiger partial charge < -0.3 is 10.6 Å². The number of hydrogen-bond acceptors (Lipinski definition) is 4. The highest BCUT2D eigenvalue weighted by molar-refractivity contribution is 7.17. The minimum Gasteiger partial charge on any atom is -0.351 e. The number of rotatable bonds is 6. The van der Waals surface area contributed by atoms with Crippen molar-refractivity contribution in [3.63, 3.8) is 0 Å². The molecule has 2 rings (SSSR count). The molecular weight excluding hydrogens is 336 g/mol. The number of hydrogen-bond donors (Lipinski definition) is 3. The summed E-state index contributed by atoms with van der Waals surface area (Å²) < 4.78 is 0. The zero-order valence-corrected chi connectivity index (χ0v) is 15.8. The van der Waals surface area contributed by atoms with Crippen LogP contribution in [0.4, 0.5) is 15.6 Å². The number of benzene rings is 1. The van der Waals surface area contributed by atoms with Crippen LogP contribution >= 0.6 is 11.3 Å². The summed E-state index contributed by atoms with van der Waals surface area (Å²) in [6.45, 7) is 8.59. The lowest BCUT2D eigenvalue weighted by molar-refractivity contribution is 0.0955. The van der Waals surface area contributed by atoms with Gasteiger partial charge in [0.1, 0.15) is 4.88 Å². The molecule has 1 aromatic heterocycles. The third-order valence-corrected chi connectivity index (χ3v) is 4.61. The van der Waals surface area contributed by atoms with E-state index in [1.54, 1.807) is 6.92 Å². The second-order valence-electron chi connectivity index (χ2n) is 6.32. The predicted molar refractivity (Wildman–Crippen MR) is 102 cm³/mol. The number of aromatic nitrogens is 1. The first-order valence-corrected chi connectivity index (χ1v) is 9.07. The fourth-order valence-corrected chi connectivity index (χ4v) is 2.99. The van der Waals surface area contributed by atoms with Gasteiger partial charge in [0.15, 0.2) is 5.13 Å². The average Bonchev–Trinajstić information content (AvgIpc) is 2.89. The van der Waals surface area contributed by atoms with E-state index in [1.807, 2.05) is 31.2 Å². The molecule has 2 aromatic rings. The monoisotopic (exact) mass is 360 g/mol. The molecule has 0 radical (unpaired) electrons. The zero-order chi connectivity index (χ0) is 18.4. The van der Waals surface area contributed by atoms with Crippen molar-refractivity contribution in [2.75, 3.05) is 17.2 Å². The first-order chi connectivity index (χ1) is 11.8. The molecule has 0 aliphatic heterocycles. The van der Waals surface area contributed by atoms with E-state index in [0.717, 1.165) is 12.0 Å². The van der Waals surface area contributed by atoms with Crippen LogP contribution in [0.3, 0.4) is 0 Å². The number of aryl methyl sites for hydroxylation is 2. The van der Waals surface area contributed by atoms with Crippen LogP contribution in [0.15, 0.2) is 24.3 Å². The molecule has 0 atom stereocenters. The van der Waals surface area contributed by atoms with Gasteiger partial charge in [-0.25, -0.2) is 9.78 Å². The van der Waals surface area contributed by atoms with Crippen molar-refractivity contribution in [1.82, 2.24) is 10.3 Å². The molecule has 0 fully saturated rings. The van der Waals surface area contributed by atoms with Crippen molar-refractivity contribution in [3.8, 4) is 0 Å². The van der Waals surface area contributed by atoms with E-state index in [0.29, 0.717) is 33.9 Å². The van der Waals surface area contributed by atoms with E-state index in [4.69, 9.17) is 0 Å². The molecule has 3 amide bonds. The molecule has 0 saturated carbocycles. The number of anilines is 2. The van der Waals surface area contributed by atoms with Gasteiger partial charge >= 0.3 is 6.03 Å². The Morgan fingerprint density at radius 1 is 1.12 bits per heavy atom. The van der Waals surface area contributed by atoms with E-state index in [-0.39, 0.29) is 11.9 Å². The highest BCUT2D eigenvalue weighted by atomic mass is 32.1. The minimum atomic E-state index is -0.385. The number of nitrogens with one attached hydrogen (secondary N) is 3. The predicted octanol–water partition coefficient (Wildman–Crippen LogP) is 4.18. The Bertz CT molecular complexity index is 738. The van der Waals surface area contributed by atoms with Gasteiger partial charge in [-0.05, 0) is 38.3 Å². The van der Waals surface area contributed by atoms with Gasteiger partial charge in [0.25, 0.3) is 5.91 Å². The molecule has 1 heterocycles. The van der Waals surface area contributed by atoms with Gasteiger partial charge in [-0.1, -0.05) is 42.9 Å². The minimum absolute atomic E-state index is 0.150. The fraction of sp³-hybridized carbons (Fsp3) is 0.389. The van der Waals surface area contributed by atoms with Crippen LogP contribution in [0.5, 0.6) is 0 Å². The Morgan fingerprint density at radius 2 is 1.80 bits per heavy atom. The van der Waals surface area contributed by atoms with E-state index >= 15 is 0 Å². The van der Waals surface area contributed by atoms with E-state index in [1.165, 1.54) is 11.3 Å². The molecule has 0 saturated heterocycles. The van der Waals surface area contributed by atoms with Gasteiger partial charge in [0, 0.05) is 12.2 Å². The smallest absolute Gasteiger partial charge is 0.325 e.